The van der Waals surface area contributed by atoms with Gasteiger partial charge in [-0.2, -0.15) is 0 Å². The van der Waals surface area contributed by atoms with Gasteiger partial charge in [-0.25, -0.2) is 0 Å². The summed E-state index contributed by atoms with van der Waals surface area (Å²) >= 11 is 0. The Hall–Kier alpha value is -1.31. The minimum atomic E-state index is 0. The molecule has 2 aromatic rings. The fraction of sp³-hybridized carbons (Fsp3) is 0.111. The molecule has 0 N–H and O–H groups in total. The predicted octanol–water partition coefficient (Wildman–Crippen LogP) is 7.30. The minimum absolute atomic E-state index is 0. The van der Waals surface area contributed by atoms with E-state index in [1.54, 1.807) is 0 Å². The molecule has 2 saturated carbocycles. The van der Waals surface area contributed by atoms with Crippen molar-refractivity contribution in [2.75, 3.05) is 0 Å². The molecule has 2 heteroatoms. The van der Waals surface area contributed by atoms with E-state index in [9.17, 15) is 0 Å². The Kier molecular flexibility index (Phi) is 14.6. The second-order valence-electron chi connectivity index (χ2n) is 6.34. The van der Waals surface area contributed by atoms with Crippen LogP contribution in [0.5, 0.6) is 0 Å². The number of hydrogen-bond acceptors (Lipinski definition) is 0. The molecule has 0 bridgehead atoms. The summed E-state index contributed by atoms with van der Waals surface area (Å²) < 4.78 is 0. The van der Waals surface area contributed by atoms with Crippen molar-refractivity contribution in [2.45, 2.75) is 13.0 Å². The summed E-state index contributed by atoms with van der Waals surface area (Å²) in [7, 11) is 0. The Morgan fingerprint density at radius 3 is 1.41 bits per heavy atom. The topological polar surface area (TPSA) is 14.1 Å². The van der Waals surface area contributed by atoms with E-state index >= 15 is 0 Å². The van der Waals surface area contributed by atoms with Gasteiger partial charge in [-0.3, -0.25) is 0 Å². The molecule has 2 aliphatic rings. The van der Waals surface area contributed by atoms with E-state index < -0.39 is 0 Å². The van der Waals surface area contributed by atoms with E-state index in [2.05, 4.69) is 37.8 Å². The van der Waals surface area contributed by atoms with Crippen molar-refractivity contribution >= 4 is 5.69 Å². The second kappa shape index (κ2) is 16.5. The number of rotatable bonds is 5. The van der Waals surface area contributed by atoms with Crippen LogP contribution in [0.25, 0.3) is 5.32 Å². The van der Waals surface area contributed by atoms with Gasteiger partial charge in [0, 0.05) is 21.7 Å². The van der Waals surface area contributed by atoms with Crippen molar-refractivity contribution in [1.29, 1.82) is 0 Å². The monoisotopic (exact) mass is 414 g/mol. The van der Waals surface area contributed by atoms with E-state index in [0.29, 0.717) is 5.92 Å². The van der Waals surface area contributed by atoms with E-state index in [4.69, 9.17) is 5.32 Å². The maximum atomic E-state index is 4.83. The van der Waals surface area contributed by atoms with Crippen molar-refractivity contribution < 1.29 is 21.7 Å². The Balaban J connectivity index is 0.000000311. The third-order valence-corrected chi connectivity index (χ3v) is 4.17. The predicted molar refractivity (Wildman–Crippen MR) is 121 cm³/mol. The Bertz CT molecular complexity index is 592. The van der Waals surface area contributed by atoms with Crippen molar-refractivity contribution in [2.24, 2.45) is 5.92 Å². The van der Waals surface area contributed by atoms with Crippen LogP contribution >= 0.6 is 0 Å². The van der Waals surface area contributed by atoms with Crippen LogP contribution < -0.4 is 0 Å². The van der Waals surface area contributed by atoms with Gasteiger partial charge in [0.1, 0.15) is 0 Å². The first-order valence-corrected chi connectivity index (χ1v) is 9.58. The zero-order valence-corrected chi connectivity index (χ0v) is 18.5. The Labute approximate surface area is 194 Å². The van der Waals surface area contributed by atoms with Gasteiger partial charge >= 0.3 is 0 Å². The molecule has 0 heterocycles. The molecule has 2 atom stereocenters. The van der Waals surface area contributed by atoms with Gasteiger partial charge < -0.3 is 5.32 Å². The fourth-order valence-electron chi connectivity index (χ4n) is 2.59. The molecule has 2 unspecified atom stereocenters. The summed E-state index contributed by atoms with van der Waals surface area (Å²) in [5, 5.41) is 4.83. The van der Waals surface area contributed by atoms with Crippen LogP contribution in [-0.2, 0) is 21.7 Å². The first-order chi connectivity index (χ1) is 13.8. The molecule has 4 rings (SSSR count). The van der Waals surface area contributed by atoms with Crippen LogP contribution in [0.4, 0.5) is 5.69 Å². The molecule has 0 saturated heterocycles. The standard InChI is InChI=1S/C17H18N.2C5H5.Ti/c1-3-14(2)17(15-10-6-4-7-11-15)18-16-12-8-5-9-13-16;2*1-2-4-5-3-1;/h3-14,17H,1H2,2H3;2*1-5H;/q-1;;;. The summed E-state index contributed by atoms with van der Waals surface area (Å²) in [6, 6.07) is 20.6. The molecular formula is C27H28NTi-. The largest absolute Gasteiger partial charge is 0.678 e. The maximum absolute atomic E-state index is 4.83. The molecule has 0 spiro atoms. The van der Waals surface area contributed by atoms with Crippen molar-refractivity contribution in [3.8, 4) is 0 Å². The molecule has 29 heavy (non-hydrogen) atoms. The van der Waals surface area contributed by atoms with Gasteiger partial charge in [-0.05, 0) is 70.1 Å². The number of benzene rings is 2. The third-order valence-electron chi connectivity index (χ3n) is 4.17. The quantitative estimate of drug-likeness (QED) is 0.360. The van der Waals surface area contributed by atoms with Crippen molar-refractivity contribution in [1.82, 2.24) is 0 Å². The molecule has 0 aromatic heterocycles. The van der Waals surface area contributed by atoms with E-state index in [1.807, 2.05) is 107 Å². The average Bonchev–Trinajstić information content (AvgIpc) is 3.52. The first-order valence-electron chi connectivity index (χ1n) is 9.58. The van der Waals surface area contributed by atoms with E-state index in [1.165, 1.54) is 5.56 Å². The summed E-state index contributed by atoms with van der Waals surface area (Å²) in [5.74, 6) is 0.313. The molecule has 146 valence electrons. The van der Waals surface area contributed by atoms with E-state index in [-0.39, 0.29) is 27.8 Å². The van der Waals surface area contributed by atoms with Gasteiger partial charge in [0.2, 0.25) is 0 Å². The normalized spacial score (nSPS) is 16.7. The summed E-state index contributed by atoms with van der Waals surface area (Å²) in [4.78, 5) is 0. The van der Waals surface area contributed by atoms with Crippen molar-refractivity contribution in [3.63, 3.8) is 0 Å². The second-order valence-corrected chi connectivity index (χ2v) is 6.34. The summed E-state index contributed by atoms with van der Waals surface area (Å²) in [6.07, 6.45) is 22.0. The summed E-state index contributed by atoms with van der Waals surface area (Å²) in [5.41, 5.74) is 2.24. The summed E-state index contributed by atoms with van der Waals surface area (Å²) in [6.45, 7) is 6.04. The maximum Gasteiger partial charge on any atom is 0 e. The zero-order chi connectivity index (χ0) is 19.9. The minimum Gasteiger partial charge on any atom is -0.678 e. The van der Waals surface area contributed by atoms with Gasteiger partial charge in [-0.15, -0.1) is 12.3 Å². The average molecular weight is 414 g/mol. The smallest absolute Gasteiger partial charge is 0 e. The van der Waals surface area contributed by atoms with Gasteiger partial charge in [0.25, 0.3) is 0 Å². The Morgan fingerprint density at radius 1 is 0.655 bits per heavy atom. The van der Waals surface area contributed by atoms with Gasteiger partial charge in [0.05, 0.1) is 0 Å². The van der Waals surface area contributed by atoms with Crippen LogP contribution in [0.15, 0.2) is 73.3 Å². The first kappa shape index (κ1) is 25.7. The SMILES string of the molecule is C=CC(C)C([N-]c1ccccc1)c1ccccc1.[CH]1[CH][CH][CH][CH]1.[CH]1[CH][CH][CH][CH]1.[Ti]. The van der Waals surface area contributed by atoms with Gasteiger partial charge in [-0.1, -0.05) is 85.3 Å². The molecule has 0 aliphatic heterocycles. The van der Waals surface area contributed by atoms with Crippen LogP contribution in [0.1, 0.15) is 18.5 Å². The van der Waals surface area contributed by atoms with Crippen LogP contribution in [0.2, 0.25) is 0 Å². The molecule has 1 nitrogen and oxygen atoms in total. The zero-order valence-electron chi connectivity index (χ0n) is 16.9. The molecular weight excluding hydrogens is 386 g/mol. The van der Waals surface area contributed by atoms with E-state index in [0.717, 1.165) is 5.69 Å². The number of para-hydroxylation sites is 1. The van der Waals surface area contributed by atoms with Crippen LogP contribution in [-0.4, -0.2) is 0 Å². The number of hydrogen-bond donors (Lipinski definition) is 0. The molecule has 2 aromatic carbocycles. The Morgan fingerprint density at radius 2 is 1.03 bits per heavy atom. The molecule has 2 aliphatic carbocycles. The molecule has 0 amide bonds. The fourth-order valence-corrected chi connectivity index (χ4v) is 2.59. The molecule has 10 radical (unpaired) electrons. The third kappa shape index (κ3) is 10.9. The number of nitrogens with zero attached hydrogens (tertiary/aromatic N) is 1. The van der Waals surface area contributed by atoms with Gasteiger partial charge in [0.15, 0.2) is 0 Å². The van der Waals surface area contributed by atoms with Crippen LogP contribution in [0.3, 0.4) is 0 Å². The molecule has 2 fully saturated rings. The van der Waals surface area contributed by atoms with Crippen LogP contribution in [0, 0.1) is 70.1 Å². The van der Waals surface area contributed by atoms with Crippen molar-refractivity contribution in [3.05, 3.63) is 148 Å².